The molecule has 68 valence electrons. The zero-order valence-electron chi connectivity index (χ0n) is 7.61. The van der Waals surface area contributed by atoms with E-state index in [1.807, 2.05) is 0 Å². The van der Waals surface area contributed by atoms with Gasteiger partial charge in [0.2, 0.25) is 0 Å². The molecule has 0 bridgehead atoms. The zero-order chi connectivity index (χ0) is 8.53. The highest BCUT2D eigenvalue weighted by Gasteiger charge is 2.02. The second-order valence-corrected chi connectivity index (χ2v) is 3.64. The molecule has 0 heterocycles. The van der Waals surface area contributed by atoms with E-state index in [1.54, 1.807) is 0 Å². The van der Waals surface area contributed by atoms with Crippen LogP contribution in [0.5, 0.6) is 0 Å². The van der Waals surface area contributed by atoms with Gasteiger partial charge < -0.3 is 4.43 Å². The van der Waals surface area contributed by atoms with E-state index in [9.17, 15) is 0 Å². The van der Waals surface area contributed by atoms with Gasteiger partial charge in [-0.15, -0.1) is 11.6 Å². The predicted octanol–water partition coefficient (Wildman–Crippen LogP) is 1.86. The first-order chi connectivity index (χ1) is 5.35. The number of unbranched alkanes of at least 4 members (excludes halogenated alkanes) is 3. The van der Waals surface area contributed by atoms with Gasteiger partial charge in [-0.05, 0) is 6.42 Å². The van der Waals surface area contributed by atoms with Crippen LogP contribution in [-0.2, 0) is 4.43 Å². The third kappa shape index (κ3) is 6.85. The summed E-state index contributed by atoms with van der Waals surface area (Å²) < 4.78 is 5.29. The number of halogens is 1. The van der Waals surface area contributed by atoms with Gasteiger partial charge in [-0.1, -0.05) is 32.6 Å². The van der Waals surface area contributed by atoms with Crippen LogP contribution in [0.1, 0.15) is 39.0 Å². The maximum atomic E-state index is 5.68. The SMILES string of the molecule is CCCCCCC(CCl)O[SiH3]. The Morgan fingerprint density at radius 1 is 1.36 bits per heavy atom. The molecule has 0 saturated carbocycles. The first kappa shape index (κ1) is 11.5. The molecule has 3 heteroatoms. The second kappa shape index (κ2) is 8.56. The minimum atomic E-state index is 0.334. The molecule has 0 aromatic heterocycles. The Kier molecular flexibility index (Phi) is 8.93. The van der Waals surface area contributed by atoms with Gasteiger partial charge in [-0.2, -0.15) is 0 Å². The molecule has 0 aromatic rings. The molecule has 1 unspecified atom stereocenters. The van der Waals surface area contributed by atoms with Crippen LogP contribution >= 0.6 is 11.6 Å². The molecule has 0 amide bonds. The Bertz CT molecular complexity index is 76.5. The molecular formula is C8H19ClOSi. The van der Waals surface area contributed by atoms with Crippen molar-refractivity contribution >= 4 is 22.1 Å². The summed E-state index contributed by atoms with van der Waals surface area (Å²) in [6, 6.07) is 0. The summed E-state index contributed by atoms with van der Waals surface area (Å²) in [6.07, 6.45) is 6.72. The first-order valence-electron chi connectivity index (χ1n) is 4.43. The summed E-state index contributed by atoms with van der Waals surface area (Å²) >= 11 is 5.68. The minimum absolute atomic E-state index is 0.334. The summed E-state index contributed by atoms with van der Waals surface area (Å²) in [4.78, 5) is 0. The molecule has 0 aromatic carbocycles. The molecule has 0 saturated heterocycles. The lowest BCUT2D eigenvalue weighted by Crippen LogP contribution is -2.12. The normalized spacial score (nSPS) is 13.6. The van der Waals surface area contributed by atoms with Crippen molar-refractivity contribution in [3.05, 3.63) is 0 Å². The van der Waals surface area contributed by atoms with Crippen molar-refractivity contribution in [2.45, 2.75) is 45.1 Å². The molecule has 0 N–H and O–H groups in total. The quantitative estimate of drug-likeness (QED) is 0.342. The van der Waals surface area contributed by atoms with Crippen LogP contribution in [-0.4, -0.2) is 22.5 Å². The zero-order valence-corrected chi connectivity index (χ0v) is 10.4. The van der Waals surface area contributed by atoms with E-state index in [1.165, 1.54) is 25.7 Å². The molecule has 11 heavy (non-hydrogen) atoms. The van der Waals surface area contributed by atoms with Crippen LogP contribution in [0.4, 0.5) is 0 Å². The van der Waals surface area contributed by atoms with Crippen LogP contribution in [0.15, 0.2) is 0 Å². The van der Waals surface area contributed by atoms with E-state index in [-0.39, 0.29) is 0 Å². The van der Waals surface area contributed by atoms with Crippen LogP contribution < -0.4 is 0 Å². The minimum Gasteiger partial charge on any atom is -0.424 e. The lowest BCUT2D eigenvalue weighted by molar-refractivity contribution is 0.230. The summed E-state index contributed by atoms with van der Waals surface area (Å²) in [5.41, 5.74) is 0. The standard InChI is InChI=1S/C8H19ClOSi/c1-2-3-4-5-6-8(7-9)10-11/h8H,2-7H2,1,11H3. The van der Waals surface area contributed by atoms with E-state index in [4.69, 9.17) is 16.0 Å². The van der Waals surface area contributed by atoms with Crippen LogP contribution in [0.25, 0.3) is 0 Å². The van der Waals surface area contributed by atoms with E-state index in [0.29, 0.717) is 12.0 Å². The van der Waals surface area contributed by atoms with Gasteiger partial charge in [0, 0.05) is 5.88 Å². The molecule has 0 aliphatic heterocycles. The monoisotopic (exact) mass is 194 g/mol. The van der Waals surface area contributed by atoms with Gasteiger partial charge in [-0.3, -0.25) is 0 Å². The third-order valence-electron chi connectivity index (χ3n) is 1.89. The van der Waals surface area contributed by atoms with Gasteiger partial charge >= 0.3 is 0 Å². The average Bonchev–Trinajstić information content (AvgIpc) is 2.05. The van der Waals surface area contributed by atoms with Gasteiger partial charge in [0.25, 0.3) is 0 Å². The van der Waals surface area contributed by atoms with E-state index >= 15 is 0 Å². The van der Waals surface area contributed by atoms with Gasteiger partial charge in [0.1, 0.15) is 10.5 Å². The fourth-order valence-electron chi connectivity index (χ4n) is 1.06. The van der Waals surface area contributed by atoms with Crippen molar-refractivity contribution in [3.8, 4) is 0 Å². The summed E-state index contributed by atoms with van der Waals surface area (Å²) in [5, 5.41) is 0. The van der Waals surface area contributed by atoms with Crippen LogP contribution in [0, 0.1) is 0 Å². The number of alkyl halides is 1. The Morgan fingerprint density at radius 2 is 2.09 bits per heavy atom. The van der Waals surface area contributed by atoms with E-state index < -0.39 is 0 Å². The largest absolute Gasteiger partial charge is 0.424 e. The maximum absolute atomic E-state index is 5.68. The second-order valence-electron chi connectivity index (χ2n) is 2.86. The average molecular weight is 195 g/mol. The lowest BCUT2D eigenvalue weighted by atomic mass is 10.1. The number of rotatable bonds is 7. The van der Waals surface area contributed by atoms with Gasteiger partial charge in [0.05, 0.1) is 6.10 Å². The van der Waals surface area contributed by atoms with Crippen molar-refractivity contribution in [1.82, 2.24) is 0 Å². The number of hydrogen-bond donors (Lipinski definition) is 0. The van der Waals surface area contributed by atoms with E-state index in [0.717, 1.165) is 16.9 Å². The summed E-state index contributed by atoms with van der Waals surface area (Å²) in [6.45, 7) is 2.22. The van der Waals surface area contributed by atoms with Crippen molar-refractivity contribution < 1.29 is 4.43 Å². The van der Waals surface area contributed by atoms with Crippen molar-refractivity contribution in [3.63, 3.8) is 0 Å². The van der Waals surface area contributed by atoms with Crippen molar-refractivity contribution in [1.29, 1.82) is 0 Å². The highest BCUT2D eigenvalue weighted by molar-refractivity contribution is 6.18. The summed E-state index contributed by atoms with van der Waals surface area (Å²) in [5.74, 6) is 0.662. The Hall–Kier alpha value is 0.467. The van der Waals surface area contributed by atoms with Crippen LogP contribution in [0.3, 0.4) is 0 Å². The molecule has 0 spiro atoms. The maximum Gasteiger partial charge on any atom is 0.146 e. The Morgan fingerprint density at radius 3 is 2.55 bits per heavy atom. The first-order valence-corrected chi connectivity index (χ1v) is 5.79. The lowest BCUT2D eigenvalue weighted by Gasteiger charge is -2.11. The molecular weight excluding hydrogens is 176 g/mol. The van der Waals surface area contributed by atoms with Crippen LogP contribution in [0.2, 0.25) is 0 Å². The Labute approximate surface area is 78.0 Å². The molecule has 1 nitrogen and oxygen atoms in total. The predicted molar refractivity (Wildman–Crippen MR) is 54.3 cm³/mol. The molecule has 0 radical (unpaired) electrons. The fourth-order valence-corrected chi connectivity index (χ4v) is 1.95. The molecule has 0 aliphatic rings. The molecule has 1 atom stereocenters. The van der Waals surface area contributed by atoms with E-state index in [2.05, 4.69) is 6.92 Å². The van der Waals surface area contributed by atoms with Crippen molar-refractivity contribution in [2.24, 2.45) is 0 Å². The topological polar surface area (TPSA) is 9.23 Å². The highest BCUT2D eigenvalue weighted by Crippen LogP contribution is 2.08. The highest BCUT2D eigenvalue weighted by atomic mass is 35.5. The molecule has 0 fully saturated rings. The smallest absolute Gasteiger partial charge is 0.146 e. The molecule has 0 rings (SSSR count). The Balaban J connectivity index is 3.07. The number of hydrogen-bond acceptors (Lipinski definition) is 1. The molecule has 0 aliphatic carbocycles. The van der Waals surface area contributed by atoms with Gasteiger partial charge in [-0.25, -0.2) is 0 Å². The third-order valence-corrected chi connectivity index (χ3v) is 2.90. The van der Waals surface area contributed by atoms with Crippen molar-refractivity contribution in [2.75, 3.05) is 5.88 Å². The fraction of sp³-hybridized carbons (Fsp3) is 1.00. The summed E-state index contributed by atoms with van der Waals surface area (Å²) in [7, 11) is 0.817. The van der Waals surface area contributed by atoms with Gasteiger partial charge in [0.15, 0.2) is 0 Å².